The lowest BCUT2D eigenvalue weighted by atomic mass is 9.96. The molecule has 1 fully saturated rings. The van der Waals surface area contributed by atoms with E-state index in [1.54, 1.807) is 24.3 Å². The largest absolute Gasteiger partial charge is 0.326 e. The van der Waals surface area contributed by atoms with Crippen LogP contribution in [0.3, 0.4) is 0 Å². The van der Waals surface area contributed by atoms with E-state index in [4.69, 9.17) is 0 Å². The maximum Gasteiger partial charge on any atom is 0.243 e. The SMILES string of the molecule is CCC(C)c1ccc(NC(=O)C2CCN(S(=O)(=O)c3ccc(C)cc3)CC2)cc1. The summed E-state index contributed by atoms with van der Waals surface area (Å²) in [7, 11) is -3.50. The van der Waals surface area contributed by atoms with Crippen LogP contribution in [0, 0.1) is 12.8 Å². The predicted molar refractivity (Wildman–Crippen MR) is 116 cm³/mol. The van der Waals surface area contributed by atoms with Gasteiger partial charge in [0.2, 0.25) is 15.9 Å². The van der Waals surface area contributed by atoms with Crippen LogP contribution in [0.1, 0.15) is 50.2 Å². The highest BCUT2D eigenvalue weighted by Gasteiger charge is 2.32. The topological polar surface area (TPSA) is 66.5 Å². The molecule has 29 heavy (non-hydrogen) atoms. The molecule has 2 aromatic carbocycles. The van der Waals surface area contributed by atoms with Crippen molar-refractivity contribution in [1.82, 2.24) is 4.31 Å². The van der Waals surface area contributed by atoms with Crippen molar-refractivity contribution in [1.29, 1.82) is 0 Å². The monoisotopic (exact) mass is 414 g/mol. The highest BCUT2D eigenvalue weighted by atomic mass is 32.2. The number of hydrogen-bond acceptors (Lipinski definition) is 3. The third-order valence-electron chi connectivity index (χ3n) is 5.84. The van der Waals surface area contributed by atoms with E-state index in [9.17, 15) is 13.2 Å². The van der Waals surface area contributed by atoms with Crippen molar-refractivity contribution >= 4 is 21.6 Å². The number of aryl methyl sites for hydroxylation is 1. The normalized spacial score (nSPS) is 17.1. The number of carbonyl (C=O) groups excluding carboxylic acids is 1. The molecule has 0 bridgehead atoms. The Kier molecular flexibility index (Phi) is 6.75. The molecule has 1 aliphatic heterocycles. The van der Waals surface area contributed by atoms with Gasteiger partial charge in [-0.3, -0.25) is 4.79 Å². The van der Waals surface area contributed by atoms with Crippen LogP contribution < -0.4 is 5.32 Å². The van der Waals surface area contributed by atoms with Crippen LogP contribution in [-0.2, 0) is 14.8 Å². The number of hydrogen-bond donors (Lipinski definition) is 1. The van der Waals surface area contributed by atoms with E-state index in [1.807, 2.05) is 19.1 Å². The molecule has 6 heteroatoms. The molecule has 3 rings (SSSR count). The van der Waals surface area contributed by atoms with Crippen LogP contribution in [-0.4, -0.2) is 31.7 Å². The van der Waals surface area contributed by atoms with Crippen molar-refractivity contribution in [3.63, 3.8) is 0 Å². The summed E-state index contributed by atoms with van der Waals surface area (Å²) in [5, 5.41) is 2.98. The van der Waals surface area contributed by atoms with Gasteiger partial charge in [0, 0.05) is 24.7 Å². The summed E-state index contributed by atoms with van der Waals surface area (Å²) in [6, 6.07) is 14.9. The number of carbonyl (C=O) groups is 1. The average Bonchev–Trinajstić information content (AvgIpc) is 2.74. The number of nitrogens with zero attached hydrogens (tertiary/aromatic N) is 1. The van der Waals surface area contributed by atoms with Crippen LogP contribution in [0.25, 0.3) is 0 Å². The van der Waals surface area contributed by atoms with Crippen LogP contribution in [0.5, 0.6) is 0 Å². The van der Waals surface area contributed by atoms with E-state index in [0.29, 0.717) is 36.7 Å². The molecule has 156 valence electrons. The number of nitrogens with one attached hydrogen (secondary N) is 1. The van der Waals surface area contributed by atoms with Gasteiger partial charge in [-0.25, -0.2) is 8.42 Å². The fraction of sp³-hybridized carbons (Fsp3) is 0.435. The van der Waals surface area contributed by atoms with Gasteiger partial charge in [0.1, 0.15) is 0 Å². The van der Waals surface area contributed by atoms with Crippen LogP contribution in [0.2, 0.25) is 0 Å². The third kappa shape index (κ3) is 5.06. The molecule has 0 aliphatic carbocycles. The Bertz CT molecular complexity index is 929. The fourth-order valence-electron chi connectivity index (χ4n) is 3.59. The highest BCUT2D eigenvalue weighted by Crippen LogP contribution is 2.26. The highest BCUT2D eigenvalue weighted by molar-refractivity contribution is 7.89. The van der Waals surface area contributed by atoms with Crippen molar-refractivity contribution < 1.29 is 13.2 Å². The first-order chi connectivity index (χ1) is 13.8. The number of sulfonamides is 1. The molecule has 0 saturated carbocycles. The first-order valence-corrected chi connectivity index (χ1v) is 11.7. The lowest BCUT2D eigenvalue weighted by molar-refractivity contribution is -0.120. The Labute approximate surface area is 174 Å². The molecule has 5 nitrogen and oxygen atoms in total. The van der Waals surface area contributed by atoms with Gasteiger partial charge in [-0.2, -0.15) is 4.31 Å². The number of anilines is 1. The number of rotatable bonds is 6. The number of benzene rings is 2. The first kappa shape index (κ1) is 21.5. The summed E-state index contributed by atoms with van der Waals surface area (Å²) in [4.78, 5) is 12.9. The maximum absolute atomic E-state index is 12.8. The van der Waals surface area contributed by atoms with Gasteiger partial charge < -0.3 is 5.32 Å². The summed E-state index contributed by atoms with van der Waals surface area (Å²) in [6.07, 6.45) is 2.14. The summed E-state index contributed by atoms with van der Waals surface area (Å²) >= 11 is 0. The zero-order valence-corrected chi connectivity index (χ0v) is 18.2. The minimum Gasteiger partial charge on any atom is -0.326 e. The molecule has 2 aromatic rings. The summed E-state index contributed by atoms with van der Waals surface area (Å²) in [6.45, 7) is 7.00. The van der Waals surface area contributed by atoms with Gasteiger partial charge in [0.15, 0.2) is 0 Å². The van der Waals surface area contributed by atoms with Crippen molar-refractivity contribution in [3.8, 4) is 0 Å². The second-order valence-electron chi connectivity index (χ2n) is 7.91. The van der Waals surface area contributed by atoms with E-state index in [1.165, 1.54) is 9.87 Å². The molecule has 1 atom stereocenters. The van der Waals surface area contributed by atoms with Crippen molar-refractivity contribution in [2.24, 2.45) is 5.92 Å². The number of piperidine rings is 1. The second kappa shape index (κ2) is 9.09. The Hall–Kier alpha value is -2.18. The summed E-state index contributed by atoms with van der Waals surface area (Å²) < 4.78 is 27.1. The zero-order chi connectivity index (χ0) is 21.0. The Morgan fingerprint density at radius 3 is 2.21 bits per heavy atom. The lowest BCUT2D eigenvalue weighted by Gasteiger charge is -2.30. The van der Waals surface area contributed by atoms with E-state index in [0.717, 1.165) is 17.7 Å². The Morgan fingerprint density at radius 2 is 1.66 bits per heavy atom. The Morgan fingerprint density at radius 1 is 1.07 bits per heavy atom. The maximum atomic E-state index is 12.8. The second-order valence-corrected chi connectivity index (χ2v) is 9.85. The van der Waals surface area contributed by atoms with Gasteiger partial charge in [-0.15, -0.1) is 0 Å². The smallest absolute Gasteiger partial charge is 0.243 e. The molecule has 0 aromatic heterocycles. The van der Waals surface area contributed by atoms with Crippen molar-refractivity contribution in [2.75, 3.05) is 18.4 Å². The van der Waals surface area contributed by atoms with Crippen molar-refractivity contribution in [2.45, 2.75) is 50.8 Å². The van der Waals surface area contributed by atoms with E-state index in [-0.39, 0.29) is 11.8 Å². The molecular formula is C23H30N2O3S. The molecule has 1 heterocycles. The van der Waals surface area contributed by atoms with Gasteiger partial charge in [-0.05, 0) is 61.9 Å². The van der Waals surface area contributed by atoms with Crippen LogP contribution in [0.4, 0.5) is 5.69 Å². The molecule has 1 saturated heterocycles. The fourth-order valence-corrected chi connectivity index (χ4v) is 5.06. The van der Waals surface area contributed by atoms with E-state index < -0.39 is 10.0 Å². The standard InChI is InChI=1S/C23H30N2O3S/c1-4-18(3)19-7-9-21(10-8-19)24-23(26)20-13-15-25(16-14-20)29(27,28)22-11-5-17(2)6-12-22/h5-12,18,20H,4,13-16H2,1-3H3,(H,24,26). The van der Waals surface area contributed by atoms with Crippen LogP contribution >= 0.6 is 0 Å². The summed E-state index contributed by atoms with van der Waals surface area (Å²) in [5.74, 6) is 0.293. The quantitative estimate of drug-likeness (QED) is 0.754. The molecule has 0 radical (unpaired) electrons. The van der Waals surface area contributed by atoms with Crippen LogP contribution in [0.15, 0.2) is 53.4 Å². The molecule has 1 N–H and O–H groups in total. The predicted octanol–water partition coefficient (Wildman–Crippen LogP) is 4.55. The Balaban J connectivity index is 1.57. The molecule has 1 amide bonds. The van der Waals surface area contributed by atoms with E-state index >= 15 is 0 Å². The third-order valence-corrected chi connectivity index (χ3v) is 7.76. The molecule has 1 unspecified atom stereocenters. The van der Waals surface area contributed by atoms with Gasteiger partial charge in [0.25, 0.3) is 0 Å². The first-order valence-electron chi connectivity index (χ1n) is 10.3. The zero-order valence-electron chi connectivity index (χ0n) is 17.4. The minimum atomic E-state index is -3.50. The van der Waals surface area contributed by atoms with Gasteiger partial charge >= 0.3 is 0 Å². The van der Waals surface area contributed by atoms with Gasteiger partial charge in [-0.1, -0.05) is 43.7 Å². The average molecular weight is 415 g/mol. The molecule has 1 aliphatic rings. The summed E-state index contributed by atoms with van der Waals surface area (Å²) in [5.41, 5.74) is 3.08. The van der Waals surface area contributed by atoms with Gasteiger partial charge in [0.05, 0.1) is 4.90 Å². The minimum absolute atomic E-state index is 0.0336. The lowest BCUT2D eigenvalue weighted by Crippen LogP contribution is -2.41. The van der Waals surface area contributed by atoms with Crippen molar-refractivity contribution in [3.05, 3.63) is 59.7 Å². The molecule has 0 spiro atoms. The number of amides is 1. The molecular weight excluding hydrogens is 384 g/mol. The van der Waals surface area contributed by atoms with E-state index in [2.05, 4.69) is 31.3 Å².